The largest absolute Gasteiger partial charge is 0.493 e. The van der Waals surface area contributed by atoms with E-state index in [1.54, 1.807) is 6.21 Å². The van der Waals surface area contributed by atoms with Crippen LogP contribution in [0.2, 0.25) is 5.02 Å². The van der Waals surface area contributed by atoms with Gasteiger partial charge in [-0.2, -0.15) is 10.2 Å². The molecule has 6 nitrogen and oxygen atoms in total. The molecule has 0 unspecified atom stereocenters. The van der Waals surface area contributed by atoms with Gasteiger partial charge in [0.05, 0.1) is 19.0 Å². The van der Waals surface area contributed by atoms with Crippen LogP contribution in [0.25, 0.3) is 0 Å². The van der Waals surface area contributed by atoms with E-state index in [0.29, 0.717) is 18.2 Å². The number of benzene rings is 1. The Balaban J connectivity index is 2.05. The molecular formula is C16H19ClN4O2. The van der Waals surface area contributed by atoms with E-state index in [0.717, 1.165) is 16.0 Å². The number of rotatable bonds is 6. The summed E-state index contributed by atoms with van der Waals surface area (Å²) < 4.78 is 6.82. The third kappa shape index (κ3) is 4.82. The molecule has 0 spiro atoms. The molecule has 1 N–H and O–H groups in total. The Labute approximate surface area is 139 Å². The van der Waals surface area contributed by atoms with Crippen LogP contribution in [0.4, 0.5) is 5.69 Å². The molecule has 2 rings (SSSR count). The Bertz CT molecular complexity index is 756. The molecule has 7 heteroatoms. The molecule has 0 atom stereocenters. The molecule has 0 fully saturated rings. The third-order valence-electron chi connectivity index (χ3n) is 2.92. The fourth-order valence-corrected chi connectivity index (χ4v) is 1.93. The van der Waals surface area contributed by atoms with E-state index in [1.165, 1.54) is 13.2 Å². The van der Waals surface area contributed by atoms with Crippen molar-refractivity contribution in [3.63, 3.8) is 0 Å². The highest BCUT2D eigenvalue weighted by atomic mass is 35.5. The minimum absolute atomic E-state index is 0.0497. The van der Waals surface area contributed by atoms with Gasteiger partial charge in [-0.1, -0.05) is 37.6 Å². The summed E-state index contributed by atoms with van der Waals surface area (Å²) in [7, 11) is 1.53. The maximum atomic E-state index is 11.7. The van der Waals surface area contributed by atoms with Crippen molar-refractivity contribution in [2.45, 2.75) is 13.8 Å². The van der Waals surface area contributed by atoms with Crippen LogP contribution in [-0.2, 0) is 7.05 Å². The first-order valence-electron chi connectivity index (χ1n) is 7.21. The normalized spacial score (nSPS) is 11.2. The highest BCUT2D eigenvalue weighted by Crippen LogP contribution is 2.15. The molecule has 0 saturated carbocycles. The molecule has 1 heterocycles. The van der Waals surface area contributed by atoms with Gasteiger partial charge < -0.3 is 4.74 Å². The Morgan fingerprint density at radius 2 is 2.26 bits per heavy atom. The van der Waals surface area contributed by atoms with E-state index in [-0.39, 0.29) is 10.6 Å². The summed E-state index contributed by atoms with van der Waals surface area (Å²) in [6.45, 7) is 4.85. The number of aryl methyl sites for hydroxylation is 1. The van der Waals surface area contributed by atoms with E-state index in [4.69, 9.17) is 16.3 Å². The van der Waals surface area contributed by atoms with Crippen LogP contribution in [0.15, 0.2) is 40.4 Å². The molecule has 0 amide bonds. The predicted octanol–water partition coefficient (Wildman–Crippen LogP) is 2.91. The lowest BCUT2D eigenvalue weighted by atomic mass is 10.2. The fourth-order valence-electron chi connectivity index (χ4n) is 1.71. The predicted molar refractivity (Wildman–Crippen MR) is 92.5 cm³/mol. The SMILES string of the molecule is CC(C)COc1cccc(/C=N\Nc2cnn(C)c(=O)c2Cl)c1. The van der Waals surface area contributed by atoms with Crippen molar-refractivity contribution in [1.82, 2.24) is 9.78 Å². The molecule has 23 heavy (non-hydrogen) atoms. The number of ether oxygens (including phenoxy) is 1. The first-order chi connectivity index (χ1) is 11.0. The highest BCUT2D eigenvalue weighted by molar-refractivity contribution is 6.32. The van der Waals surface area contributed by atoms with Crippen LogP contribution in [0.3, 0.4) is 0 Å². The number of hydrazone groups is 1. The second kappa shape index (κ2) is 7.78. The third-order valence-corrected chi connectivity index (χ3v) is 3.28. The number of nitrogens with one attached hydrogen (secondary N) is 1. The van der Waals surface area contributed by atoms with Gasteiger partial charge in [0.2, 0.25) is 0 Å². The number of nitrogens with zero attached hydrogens (tertiary/aromatic N) is 3. The average molecular weight is 335 g/mol. The lowest BCUT2D eigenvalue weighted by Gasteiger charge is -2.08. The van der Waals surface area contributed by atoms with Crippen molar-refractivity contribution in [2.24, 2.45) is 18.1 Å². The molecule has 122 valence electrons. The van der Waals surface area contributed by atoms with Crippen LogP contribution in [0.1, 0.15) is 19.4 Å². The monoisotopic (exact) mass is 334 g/mol. The zero-order valence-corrected chi connectivity index (χ0v) is 14.0. The minimum Gasteiger partial charge on any atom is -0.493 e. The first-order valence-corrected chi connectivity index (χ1v) is 7.59. The summed E-state index contributed by atoms with van der Waals surface area (Å²) >= 11 is 5.95. The van der Waals surface area contributed by atoms with Gasteiger partial charge in [0.1, 0.15) is 16.5 Å². The van der Waals surface area contributed by atoms with Gasteiger partial charge in [-0.3, -0.25) is 10.2 Å². The molecule has 0 radical (unpaired) electrons. The van der Waals surface area contributed by atoms with Crippen molar-refractivity contribution in [3.8, 4) is 5.75 Å². The van der Waals surface area contributed by atoms with Crippen molar-refractivity contribution in [3.05, 3.63) is 51.4 Å². The molecule has 0 aliphatic carbocycles. The van der Waals surface area contributed by atoms with Crippen molar-refractivity contribution in [2.75, 3.05) is 12.0 Å². The van der Waals surface area contributed by atoms with Gasteiger partial charge in [-0.05, 0) is 23.6 Å². The van der Waals surface area contributed by atoms with E-state index in [2.05, 4.69) is 29.5 Å². The fraction of sp³-hybridized carbons (Fsp3) is 0.312. The van der Waals surface area contributed by atoms with Gasteiger partial charge in [-0.25, -0.2) is 4.68 Å². The van der Waals surface area contributed by atoms with Crippen molar-refractivity contribution >= 4 is 23.5 Å². The maximum Gasteiger partial charge on any atom is 0.287 e. The molecular weight excluding hydrogens is 316 g/mol. The van der Waals surface area contributed by atoms with Crippen molar-refractivity contribution < 1.29 is 4.74 Å². The zero-order valence-electron chi connectivity index (χ0n) is 13.3. The highest BCUT2D eigenvalue weighted by Gasteiger charge is 2.05. The Morgan fingerprint density at radius 1 is 1.48 bits per heavy atom. The zero-order chi connectivity index (χ0) is 16.8. The van der Waals surface area contributed by atoms with Gasteiger partial charge in [-0.15, -0.1) is 0 Å². The van der Waals surface area contributed by atoms with Gasteiger partial charge in [0.15, 0.2) is 0 Å². The van der Waals surface area contributed by atoms with Gasteiger partial charge in [0, 0.05) is 7.05 Å². The van der Waals surface area contributed by atoms with Crippen LogP contribution in [0, 0.1) is 5.92 Å². The first kappa shape index (κ1) is 17.0. The molecule has 0 bridgehead atoms. The molecule has 0 aliphatic rings. The number of aromatic nitrogens is 2. The van der Waals surface area contributed by atoms with Crippen LogP contribution in [0.5, 0.6) is 5.75 Å². The molecule has 0 aliphatic heterocycles. The molecule has 0 saturated heterocycles. The summed E-state index contributed by atoms with van der Waals surface area (Å²) in [5.74, 6) is 1.25. The minimum atomic E-state index is -0.379. The standard InChI is InChI=1S/C16H19ClN4O2/c1-11(2)10-23-13-6-4-5-12(7-13)8-18-20-14-9-19-21(3)16(22)15(14)17/h4-9,11,20H,10H2,1-3H3/b18-8-. The van der Waals surface area contributed by atoms with E-state index in [1.807, 2.05) is 24.3 Å². The second-order valence-electron chi connectivity index (χ2n) is 5.45. The molecule has 1 aromatic carbocycles. The van der Waals surface area contributed by atoms with E-state index < -0.39 is 0 Å². The summed E-state index contributed by atoms with van der Waals surface area (Å²) in [6.07, 6.45) is 3.07. The number of hydrogen-bond donors (Lipinski definition) is 1. The summed E-state index contributed by atoms with van der Waals surface area (Å²) in [4.78, 5) is 11.7. The molecule has 1 aromatic heterocycles. The Kier molecular flexibility index (Phi) is 5.76. The number of hydrogen-bond acceptors (Lipinski definition) is 5. The Hall–Kier alpha value is -2.34. The van der Waals surface area contributed by atoms with Crippen molar-refractivity contribution in [1.29, 1.82) is 0 Å². The molecule has 2 aromatic rings. The quantitative estimate of drug-likeness (QED) is 0.651. The summed E-state index contributed by atoms with van der Waals surface area (Å²) in [6, 6.07) is 7.58. The number of anilines is 1. The lowest BCUT2D eigenvalue weighted by molar-refractivity contribution is 0.271. The van der Waals surface area contributed by atoms with Crippen LogP contribution in [-0.4, -0.2) is 22.6 Å². The smallest absolute Gasteiger partial charge is 0.287 e. The van der Waals surface area contributed by atoms with Crippen LogP contribution < -0.4 is 15.7 Å². The van der Waals surface area contributed by atoms with Gasteiger partial charge >= 0.3 is 0 Å². The topological polar surface area (TPSA) is 68.5 Å². The average Bonchev–Trinajstić information content (AvgIpc) is 2.53. The Morgan fingerprint density at radius 3 is 3.00 bits per heavy atom. The maximum absolute atomic E-state index is 11.7. The number of halogens is 1. The van der Waals surface area contributed by atoms with Gasteiger partial charge in [0.25, 0.3) is 5.56 Å². The van der Waals surface area contributed by atoms with E-state index in [9.17, 15) is 4.79 Å². The van der Waals surface area contributed by atoms with Crippen LogP contribution >= 0.6 is 11.6 Å². The second-order valence-corrected chi connectivity index (χ2v) is 5.83. The van der Waals surface area contributed by atoms with E-state index >= 15 is 0 Å². The summed E-state index contributed by atoms with van der Waals surface area (Å²) in [5.41, 5.74) is 3.57. The lowest BCUT2D eigenvalue weighted by Crippen LogP contribution is -2.20. The summed E-state index contributed by atoms with van der Waals surface area (Å²) in [5, 5.41) is 8.01.